The Balaban J connectivity index is 1.76. The van der Waals surface area contributed by atoms with E-state index in [-0.39, 0.29) is 38.7 Å². The van der Waals surface area contributed by atoms with Gasteiger partial charge in [-0.15, -0.1) is 0 Å². The molecule has 0 aromatic rings. The summed E-state index contributed by atoms with van der Waals surface area (Å²) < 4.78 is 23.8. The molecule has 234 valence electrons. The molecule has 6 unspecified atom stereocenters. The lowest BCUT2D eigenvalue weighted by atomic mass is 9.82. The minimum Gasteiger partial charge on any atom is -0.395 e. The smallest absolute Gasteiger partial charge is 0.249 e. The molecule has 3 rings (SSSR count). The molecule has 0 bridgehead atoms. The number of aliphatic hydroxyl groups is 5. The number of nitrogens with one attached hydrogen (secondary N) is 2. The number of aliphatic hydroxyl groups excluding tert-OH is 4. The minimum absolute atomic E-state index is 0.00659. The number of ether oxygens (including phenoxy) is 4. The molecular formula is C25H49N5O10. The number of rotatable bonds is 12. The summed E-state index contributed by atoms with van der Waals surface area (Å²) in [4.78, 5) is 12.6. The van der Waals surface area contributed by atoms with Crippen LogP contribution >= 0.6 is 0 Å². The van der Waals surface area contributed by atoms with Crippen molar-refractivity contribution in [3.63, 3.8) is 0 Å². The monoisotopic (exact) mass is 579 g/mol. The van der Waals surface area contributed by atoms with E-state index >= 15 is 0 Å². The van der Waals surface area contributed by atoms with Crippen molar-refractivity contribution in [2.24, 2.45) is 23.1 Å². The van der Waals surface area contributed by atoms with Gasteiger partial charge in [-0.05, 0) is 39.2 Å². The molecule has 1 amide bonds. The van der Waals surface area contributed by atoms with Gasteiger partial charge in [0.15, 0.2) is 12.6 Å². The van der Waals surface area contributed by atoms with Gasteiger partial charge in [0.1, 0.15) is 30.5 Å². The van der Waals surface area contributed by atoms with Gasteiger partial charge in [0.2, 0.25) is 5.91 Å². The summed E-state index contributed by atoms with van der Waals surface area (Å²) in [5.74, 6) is -1.33. The SMILES string of the molecule is C[C@@H]1C(O)[C@@H](OC2C(O)C(O[C@H]3O[C@H](CNCCO)CCC3N)[C@@H](N)C[C@H]2NC(=O)[C@@H](O)CCN)OCC1(C)O. The van der Waals surface area contributed by atoms with Crippen LogP contribution in [0, 0.1) is 5.92 Å². The summed E-state index contributed by atoms with van der Waals surface area (Å²) in [7, 11) is 0. The van der Waals surface area contributed by atoms with Gasteiger partial charge >= 0.3 is 0 Å². The van der Waals surface area contributed by atoms with E-state index in [1.54, 1.807) is 6.92 Å². The van der Waals surface area contributed by atoms with Crippen LogP contribution in [0.2, 0.25) is 0 Å². The Kier molecular flexibility index (Phi) is 12.5. The van der Waals surface area contributed by atoms with Crippen molar-refractivity contribution in [2.45, 2.75) is 112 Å². The Hall–Kier alpha value is -1.05. The Labute approximate surface area is 234 Å². The van der Waals surface area contributed by atoms with Crippen molar-refractivity contribution in [1.82, 2.24) is 10.6 Å². The highest BCUT2D eigenvalue weighted by molar-refractivity contribution is 5.80. The summed E-state index contributed by atoms with van der Waals surface area (Å²) >= 11 is 0. The summed E-state index contributed by atoms with van der Waals surface area (Å²) in [6.45, 7) is 4.05. The molecule has 13 N–H and O–H groups in total. The minimum atomic E-state index is -1.42. The highest BCUT2D eigenvalue weighted by atomic mass is 16.7. The molecule has 3 fully saturated rings. The van der Waals surface area contributed by atoms with Crippen molar-refractivity contribution < 1.29 is 49.3 Å². The second-order valence-corrected chi connectivity index (χ2v) is 11.4. The second-order valence-electron chi connectivity index (χ2n) is 11.4. The predicted molar refractivity (Wildman–Crippen MR) is 141 cm³/mol. The molecule has 2 saturated heterocycles. The highest BCUT2D eigenvalue weighted by Gasteiger charge is 2.51. The van der Waals surface area contributed by atoms with Gasteiger partial charge in [-0.2, -0.15) is 0 Å². The highest BCUT2D eigenvalue weighted by Crippen LogP contribution is 2.34. The average Bonchev–Trinajstić information content (AvgIpc) is 2.90. The molecule has 3 aliphatic rings. The van der Waals surface area contributed by atoms with E-state index in [4.69, 9.17) is 41.3 Å². The van der Waals surface area contributed by atoms with Crippen LogP contribution in [0.4, 0.5) is 0 Å². The van der Waals surface area contributed by atoms with Crippen LogP contribution in [0.15, 0.2) is 0 Å². The maximum Gasteiger partial charge on any atom is 0.249 e. The molecule has 1 aliphatic carbocycles. The molecule has 0 aromatic carbocycles. The number of amides is 1. The fourth-order valence-corrected chi connectivity index (χ4v) is 5.32. The maximum absolute atomic E-state index is 12.6. The zero-order chi connectivity index (χ0) is 29.6. The van der Waals surface area contributed by atoms with Gasteiger partial charge in [-0.1, -0.05) is 6.92 Å². The van der Waals surface area contributed by atoms with Crippen LogP contribution in [0.5, 0.6) is 0 Å². The molecule has 1 saturated carbocycles. The largest absolute Gasteiger partial charge is 0.395 e. The molecule has 0 spiro atoms. The molecule has 2 heterocycles. The first-order valence-electron chi connectivity index (χ1n) is 14.1. The summed E-state index contributed by atoms with van der Waals surface area (Å²) in [6.07, 6.45) is -7.15. The molecule has 2 aliphatic heterocycles. The normalized spacial score (nSPS) is 43.3. The van der Waals surface area contributed by atoms with Crippen LogP contribution < -0.4 is 27.8 Å². The van der Waals surface area contributed by atoms with E-state index in [2.05, 4.69) is 10.6 Å². The average molecular weight is 580 g/mol. The zero-order valence-electron chi connectivity index (χ0n) is 23.3. The third kappa shape index (κ3) is 8.28. The van der Waals surface area contributed by atoms with Crippen LogP contribution in [-0.2, 0) is 23.7 Å². The maximum atomic E-state index is 12.6. The Morgan fingerprint density at radius 1 is 1.12 bits per heavy atom. The van der Waals surface area contributed by atoms with E-state index in [9.17, 15) is 25.2 Å². The third-order valence-electron chi connectivity index (χ3n) is 8.14. The summed E-state index contributed by atoms with van der Waals surface area (Å²) in [5.41, 5.74) is 16.9. The second kappa shape index (κ2) is 14.9. The van der Waals surface area contributed by atoms with Gasteiger partial charge in [-0.25, -0.2) is 0 Å². The van der Waals surface area contributed by atoms with Crippen LogP contribution in [0.1, 0.15) is 39.5 Å². The zero-order valence-corrected chi connectivity index (χ0v) is 23.3. The first-order chi connectivity index (χ1) is 18.9. The van der Waals surface area contributed by atoms with E-state index in [1.807, 2.05) is 0 Å². The van der Waals surface area contributed by atoms with Crippen molar-refractivity contribution in [1.29, 1.82) is 0 Å². The van der Waals surface area contributed by atoms with Gasteiger partial charge < -0.3 is 72.3 Å². The lowest BCUT2D eigenvalue weighted by Gasteiger charge is -2.48. The van der Waals surface area contributed by atoms with E-state index in [0.29, 0.717) is 25.9 Å². The Morgan fingerprint density at radius 3 is 2.50 bits per heavy atom. The molecule has 0 radical (unpaired) electrons. The number of hydrogen-bond donors (Lipinski definition) is 10. The van der Waals surface area contributed by atoms with E-state index in [0.717, 1.165) is 0 Å². The van der Waals surface area contributed by atoms with Crippen LogP contribution in [0.25, 0.3) is 0 Å². The molecule has 13 atom stereocenters. The van der Waals surface area contributed by atoms with Crippen LogP contribution in [0.3, 0.4) is 0 Å². The fourth-order valence-electron chi connectivity index (χ4n) is 5.32. The molecule has 0 aromatic heterocycles. The number of nitrogens with two attached hydrogens (primary N) is 3. The van der Waals surface area contributed by atoms with Crippen molar-refractivity contribution in [3.8, 4) is 0 Å². The van der Waals surface area contributed by atoms with Crippen molar-refractivity contribution >= 4 is 5.91 Å². The van der Waals surface area contributed by atoms with Crippen LogP contribution in [-0.4, -0.2) is 137 Å². The van der Waals surface area contributed by atoms with E-state index < -0.39 is 78.7 Å². The number of carbonyl (C=O) groups is 1. The number of carbonyl (C=O) groups excluding carboxylic acids is 1. The van der Waals surface area contributed by atoms with Crippen molar-refractivity contribution in [2.75, 3.05) is 32.8 Å². The fraction of sp³-hybridized carbons (Fsp3) is 0.960. The standard InChI is InChI=1S/C25H49N5O10/c1-12-18(33)24(37-11-25(12,2)36)40-21-16(30-22(35)17(32)5-6-26)9-15(28)20(19(21)34)39-23-14(27)4-3-13(38-23)10-29-7-8-31/h12-21,23-24,29,31-34,36H,3-11,26-28H2,1-2H3,(H,30,35)/t12-,13+,14?,15+,16-,17+,18?,19?,20?,21?,23-,24-,25?/m1/s1. The molecule has 15 heteroatoms. The summed E-state index contributed by atoms with van der Waals surface area (Å²) in [6, 6.07) is -2.15. The van der Waals surface area contributed by atoms with Gasteiger partial charge in [0.25, 0.3) is 0 Å². The first-order valence-corrected chi connectivity index (χ1v) is 14.1. The summed E-state index contributed by atoms with van der Waals surface area (Å²) in [5, 5.41) is 57.7. The predicted octanol–water partition coefficient (Wildman–Crippen LogP) is -4.44. The quantitative estimate of drug-likeness (QED) is 0.0979. The van der Waals surface area contributed by atoms with Gasteiger partial charge in [0, 0.05) is 25.0 Å². The first kappa shape index (κ1) is 33.5. The Morgan fingerprint density at radius 2 is 1.82 bits per heavy atom. The molecule has 15 nitrogen and oxygen atoms in total. The molecule has 40 heavy (non-hydrogen) atoms. The number of hydrogen-bond acceptors (Lipinski definition) is 14. The lowest BCUT2D eigenvalue weighted by molar-refractivity contribution is -0.314. The topological polar surface area (TPSA) is 257 Å². The molecular weight excluding hydrogens is 530 g/mol. The van der Waals surface area contributed by atoms with Crippen molar-refractivity contribution in [3.05, 3.63) is 0 Å². The lowest BCUT2D eigenvalue weighted by Crippen LogP contribution is -2.68. The third-order valence-corrected chi connectivity index (χ3v) is 8.14. The van der Waals surface area contributed by atoms with E-state index in [1.165, 1.54) is 6.92 Å². The van der Waals surface area contributed by atoms with Gasteiger partial charge in [0.05, 0.1) is 37.0 Å². The Bertz CT molecular complexity index is 797. The van der Waals surface area contributed by atoms with Gasteiger partial charge in [-0.3, -0.25) is 4.79 Å².